The molecule has 0 atom stereocenters. The topological polar surface area (TPSA) is 90.9 Å². The van der Waals surface area contributed by atoms with Crippen LogP contribution in [0.5, 0.6) is 11.5 Å². The van der Waals surface area contributed by atoms with E-state index in [1.54, 1.807) is 36.4 Å². The molecule has 0 heterocycles. The number of benzene rings is 3. The Morgan fingerprint density at radius 1 is 0.667 bits per heavy atom. The van der Waals surface area contributed by atoms with Gasteiger partial charge in [-0.2, -0.15) is 0 Å². The van der Waals surface area contributed by atoms with Crippen LogP contribution >= 0.6 is 0 Å². The van der Waals surface area contributed by atoms with Gasteiger partial charge in [-0.15, -0.1) is 0 Å². The van der Waals surface area contributed by atoms with Crippen molar-refractivity contribution in [1.29, 1.82) is 0 Å². The first kappa shape index (κ1) is 20.6. The van der Waals surface area contributed by atoms with E-state index in [1.165, 1.54) is 32.4 Å². The van der Waals surface area contributed by atoms with E-state index in [0.29, 0.717) is 17.1 Å². The van der Waals surface area contributed by atoms with E-state index in [2.05, 4.69) is 5.32 Å². The van der Waals surface area contributed by atoms with Gasteiger partial charge in [0.15, 0.2) is 0 Å². The van der Waals surface area contributed by atoms with Gasteiger partial charge in [0.2, 0.25) is 0 Å². The van der Waals surface area contributed by atoms with E-state index in [4.69, 9.17) is 14.2 Å². The Hall–Kier alpha value is -4.13. The molecule has 3 aromatic carbocycles. The lowest BCUT2D eigenvalue weighted by molar-refractivity contribution is 0.0599. The van der Waals surface area contributed by atoms with Crippen LogP contribution in [-0.4, -0.2) is 32.1 Å². The van der Waals surface area contributed by atoms with Gasteiger partial charge in [0.1, 0.15) is 11.5 Å². The van der Waals surface area contributed by atoms with E-state index >= 15 is 0 Å². The van der Waals surface area contributed by atoms with E-state index in [9.17, 15) is 14.4 Å². The Labute approximate surface area is 173 Å². The fourth-order valence-electron chi connectivity index (χ4n) is 2.70. The number of methoxy groups -OCH3 is 2. The maximum Gasteiger partial charge on any atom is 0.337 e. The number of amides is 1. The van der Waals surface area contributed by atoms with Gasteiger partial charge in [-0.3, -0.25) is 4.79 Å². The van der Waals surface area contributed by atoms with Crippen molar-refractivity contribution in [2.75, 3.05) is 19.5 Å². The predicted octanol–water partition coefficient (Wildman–Crippen LogP) is 4.30. The highest BCUT2D eigenvalue weighted by atomic mass is 16.5. The number of carbonyl (C=O) groups excluding carboxylic acids is 3. The summed E-state index contributed by atoms with van der Waals surface area (Å²) in [7, 11) is 2.45. The van der Waals surface area contributed by atoms with Crippen LogP contribution in [0, 0.1) is 0 Å². The smallest absolute Gasteiger partial charge is 0.337 e. The van der Waals surface area contributed by atoms with Gasteiger partial charge >= 0.3 is 11.9 Å². The average Bonchev–Trinajstić information content (AvgIpc) is 2.78. The Kier molecular flexibility index (Phi) is 6.44. The Morgan fingerprint density at radius 2 is 1.27 bits per heavy atom. The SMILES string of the molecule is COC(=O)c1cc(NC(=O)c2cccc(Oc3ccccc3)c2)cc(C(=O)OC)c1. The second-order valence-electron chi connectivity index (χ2n) is 6.18. The van der Waals surface area contributed by atoms with Gasteiger partial charge < -0.3 is 19.5 Å². The lowest BCUT2D eigenvalue weighted by Gasteiger charge is -2.11. The summed E-state index contributed by atoms with van der Waals surface area (Å²) in [4.78, 5) is 36.5. The van der Waals surface area contributed by atoms with Gasteiger partial charge in [-0.1, -0.05) is 24.3 Å². The number of hydrogen-bond acceptors (Lipinski definition) is 6. The van der Waals surface area contributed by atoms with E-state index in [-0.39, 0.29) is 16.8 Å². The zero-order valence-electron chi connectivity index (χ0n) is 16.4. The first-order valence-corrected chi connectivity index (χ1v) is 8.96. The minimum Gasteiger partial charge on any atom is -0.465 e. The molecule has 30 heavy (non-hydrogen) atoms. The fourth-order valence-corrected chi connectivity index (χ4v) is 2.70. The van der Waals surface area contributed by atoms with Gasteiger partial charge in [0.05, 0.1) is 25.3 Å². The van der Waals surface area contributed by atoms with Gasteiger partial charge in [0.25, 0.3) is 5.91 Å². The normalized spacial score (nSPS) is 10.1. The van der Waals surface area contributed by atoms with E-state index in [0.717, 1.165) is 0 Å². The number of hydrogen-bond donors (Lipinski definition) is 1. The minimum absolute atomic E-state index is 0.108. The molecule has 1 amide bonds. The Morgan fingerprint density at radius 3 is 1.87 bits per heavy atom. The zero-order chi connectivity index (χ0) is 21.5. The average molecular weight is 405 g/mol. The molecule has 0 saturated carbocycles. The number of ether oxygens (including phenoxy) is 3. The fraction of sp³-hybridized carbons (Fsp3) is 0.0870. The summed E-state index contributed by atoms with van der Waals surface area (Å²) in [5.74, 6) is -0.591. The van der Waals surface area contributed by atoms with Crippen LogP contribution < -0.4 is 10.1 Å². The highest BCUT2D eigenvalue weighted by Crippen LogP contribution is 2.23. The molecule has 0 aliphatic heterocycles. The van der Waals surface area contributed by atoms with Crippen LogP contribution in [0.3, 0.4) is 0 Å². The van der Waals surface area contributed by atoms with Crippen molar-refractivity contribution < 1.29 is 28.6 Å². The Bertz CT molecular complexity index is 1040. The van der Waals surface area contributed by atoms with Gasteiger partial charge in [-0.25, -0.2) is 9.59 Å². The standard InChI is InChI=1S/C23H19NO6/c1-28-22(26)16-11-17(23(27)29-2)13-18(12-16)24-21(25)15-7-6-10-20(14-15)30-19-8-4-3-5-9-19/h3-14H,1-2H3,(H,24,25). The molecular formula is C23H19NO6. The molecule has 0 aliphatic carbocycles. The third-order valence-corrected chi connectivity index (χ3v) is 4.11. The summed E-state index contributed by atoms with van der Waals surface area (Å²) in [5.41, 5.74) is 0.804. The van der Waals surface area contributed by atoms with E-state index < -0.39 is 17.8 Å². The van der Waals surface area contributed by atoms with Crippen molar-refractivity contribution in [3.63, 3.8) is 0 Å². The first-order valence-electron chi connectivity index (χ1n) is 8.96. The molecule has 0 unspecified atom stereocenters. The monoisotopic (exact) mass is 405 g/mol. The van der Waals surface area contributed by atoms with Crippen LogP contribution in [0.4, 0.5) is 5.69 Å². The van der Waals surface area contributed by atoms with Crippen molar-refractivity contribution in [2.24, 2.45) is 0 Å². The quantitative estimate of drug-likeness (QED) is 0.615. The lowest BCUT2D eigenvalue weighted by Crippen LogP contribution is -2.14. The number of carbonyl (C=O) groups is 3. The number of esters is 2. The van der Waals surface area contributed by atoms with Crippen LogP contribution in [0.25, 0.3) is 0 Å². The molecule has 0 aliphatic rings. The molecule has 7 nitrogen and oxygen atoms in total. The predicted molar refractivity (Wildman–Crippen MR) is 110 cm³/mol. The molecular weight excluding hydrogens is 386 g/mol. The molecule has 3 aromatic rings. The van der Waals surface area contributed by atoms with Gasteiger partial charge in [0, 0.05) is 11.3 Å². The second kappa shape index (κ2) is 9.38. The maximum absolute atomic E-state index is 12.7. The van der Waals surface area contributed by atoms with Crippen molar-refractivity contribution >= 4 is 23.5 Å². The van der Waals surface area contributed by atoms with Crippen LogP contribution in [-0.2, 0) is 9.47 Å². The van der Waals surface area contributed by atoms with Crippen LogP contribution in [0.15, 0.2) is 72.8 Å². The van der Waals surface area contributed by atoms with Crippen LogP contribution in [0.2, 0.25) is 0 Å². The third kappa shape index (κ3) is 5.02. The third-order valence-electron chi connectivity index (χ3n) is 4.11. The van der Waals surface area contributed by atoms with Crippen molar-refractivity contribution in [3.8, 4) is 11.5 Å². The van der Waals surface area contributed by atoms with Crippen molar-refractivity contribution in [3.05, 3.63) is 89.5 Å². The summed E-state index contributed by atoms with van der Waals surface area (Å²) >= 11 is 0. The zero-order valence-corrected chi connectivity index (χ0v) is 16.4. The number of para-hydroxylation sites is 1. The number of nitrogens with one attached hydrogen (secondary N) is 1. The molecule has 3 rings (SSSR count). The highest BCUT2D eigenvalue weighted by molar-refractivity contribution is 6.06. The molecule has 0 fully saturated rings. The largest absolute Gasteiger partial charge is 0.465 e. The molecule has 7 heteroatoms. The highest BCUT2D eigenvalue weighted by Gasteiger charge is 2.16. The molecule has 0 saturated heterocycles. The molecule has 0 aromatic heterocycles. The summed E-state index contributed by atoms with van der Waals surface area (Å²) in [5, 5.41) is 2.68. The molecule has 0 bridgehead atoms. The molecule has 0 radical (unpaired) electrons. The number of anilines is 1. The number of rotatable bonds is 6. The lowest BCUT2D eigenvalue weighted by atomic mass is 10.1. The Balaban J connectivity index is 1.84. The minimum atomic E-state index is -0.644. The van der Waals surface area contributed by atoms with Crippen molar-refractivity contribution in [2.45, 2.75) is 0 Å². The first-order chi connectivity index (χ1) is 14.5. The van der Waals surface area contributed by atoms with Crippen molar-refractivity contribution in [1.82, 2.24) is 0 Å². The molecule has 0 spiro atoms. The maximum atomic E-state index is 12.7. The summed E-state index contributed by atoms with van der Waals surface area (Å²) in [6.07, 6.45) is 0. The van der Waals surface area contributed by atoms with E-state index in [1.807, 2.05) is 18.2 Å². The summed E-state index contributed by atoms with van der Waals surface area (Å²) < 4.78 is 15.1. The summed E-state index contributed by atoms with van der Waals surface area (Å²) in [6, 6.07) is 20.0. The second-order valence-corrected chi connectivity index (χ2v) is 6.18. The van der Waals surface area contributed by atoms with Crippen LogP contribution in [0.1, 0.15) is 31.1 Å². The van der Waals surface area contributed by atoms with Gasteiger partial charge in [-0.05, 0) is 48.5 Å². The molecule has 1 N–H and O–H groups in total. The molecule has 152 valence electrons. The summed E-state index contributed by atoms with van der Waals surface area (Å²) in [6.45, 7) is 0.